The van der Waals surface area contributed by atoms with Crippen LogP contribution in [0, 0.1) is 0 Å². The summed E-state index contributed by atoms with van der Waals surface area (Å²) < 4.78 is 4.40. The highest BCUT2D eigenvalue weighted by atomic mass is 32.2. The molecule has 1 rings (SSSR count). The number of carboxylic acid groups (broad SMARTS) is 1. The highest BCUT2D eigenvalue weighted by Gasteiger charge is 2.33. The van der Waals surface area contributed by atoms with Gasteiger partial charge in [-0.25, -0.2) is 0 Å². The van der Waals surface area contributed by atoms with Gasteiger partial charge in [0.2, 0.25) is 0 Å². The lowest BCUT2D eigenvalue weighted by atomic mass is 9.99. The number of para-hydroxylation sites is 1. The third-order valence-corrected chi connectivity index (χ3v) is 3.84. The fourth-order valence-electron chi connectivity index (χ4n) is 1.45. The second kappa shape index (κ2) is 5.25. The summed E-state index contributed by atoms with van der Waals surface area (Å²) in [5.74, 6) is -0.0602. The van der Waals surface area contributed by atoms with E-state index in [1.54, 1.807) is 14.0 Å². The number of ether oxygens (including phenoxy) is 1. The Morgan fingerprint density at radius 1 is 1.50 bits per heavy atom. The van der Waals surface area contributed by atoms with E-state index in [0.29, 0.717) is 6.42 Å². The Hall–Kier alpha value is -1.16. The van der Waals surface area contributed by atoms with Crippen LogP contribution in [0.5, 0.6) is 5.75 Å². The van der Waals surface area contributed by atoms with Crippen LogP contribution in [0.1, 0.15) is 12.5 Å². The van der Waals surface area contributed by atoms with Crippen molar-refractivity contribution in [2.24, 2.45) is 0 Å². The first-order chi connectivity index (χ1) is 7.53. The van der Waals surface area contributed by atoms with Gasteiger partial charge in [-0.3, -0.25) is 4.79 Å². The summed E-state index contributed by atoms with van der Waals surface area (Å²) in [5, 5.41) is 9.20. The molecule has 1 aromatic rings. The molecule has 1 N–H and O–H groups in total. The lowest BCUT2D eigenvalue weighted by molar-refractivity contribution is -0.139. The van der Waals surface area contributed by atoms with Crippen LogP contribution in [0.3, 0.4) is 0 Å². The van der Waals surface area contributed by atoms with Gasteiger partial charge >= 0.3 is 5.97 Å². The molecule has 0 heterocycles. The quantitative estimate of drug-likeness (QED) is 0.858. The predicted octanol–water partition coefficient (Wildman–Crippen LogP) is 2.44. The van der Waals surface area contributed by atoms with Crippen LogP contribution in [-0.4, -0.2) is 29.2 Å². The molecule has 0 saturated heterocycles. The van der Waals surface area contributed by atoms with E-state index in [4.69, 9.17) is 4.74 Å². The molecular weight excluding hydrogens is 224 g/mol. The average Bonchev–Trinajstić information content (AvgIpc) is 2.29. The maximum atomic E-state index is 11.2. The van der Waals surface area contributed by atoms with E-state index >= 15 is 0 Å². The first-order valence-corrected chi connectivity index (χ1v) is 6.16. The maximum Gasteiger partial charge on any atom is 0.319 e. The molecule has 0 aromatic heterocycles. The van der Waals surface area contributed by atoms with Crippen LogP contribution in [-0.2, 0) is 11.2 Å². The SMILES string of the molecule is COc1ccccc1CC(C)(SC)C(=O)O. The Labute approximate surface area is 99.8 Å². The molecule has 1 aromatic carbocycles. The van der Waals surface area contributed by atoms with E-state index in [-0.39, 0.29) is 0 Å². The van der Waals surface area contributed by atoms with Gasteiger partial charge in [0.05, 0.1) is 7.11 Å². The fraction of sp³-hybridized carbons (Fsp3) is 0.417. The second-order valence-corrected chi connectivity index (χ2v) is 5.04. The van der Waals surface area contributed by atoms with Gasteiger partial charge in [0.25, 0.3) is 0 Å². The molecule has 0 saturated carbocycles. The number of carboxylic acids is 1. The van der Waals surface area contributed by atoms with E-state index < -0.39 is 10.7 Å². The molecule has 0 amide bonds. The Morgan fingerprint density at radius 3 is 2.62 bits per heavy atom. The Bertz CT molecular complexity index is 378. The lowest BCUT2D eigenvalue weighted by Gasteiger charge is -2.23. The van der Waals surface area contributed by atoms with Crippen molar-refractivity contribution in [2.75, 3.05) is 13.4 Å². The van der Waals surface area contributed by atoms with Crippen molar-refractivity contribution in [3.05, 3.63) is 29.8 Å². The zero-order valence-corrected chi connectivity index (χ0v) is 10.5. The molecule has 0 radical (unpaired) electrons. The van der Waals surface area contributed by atoms with Gasteiger partial charge in [0.1, 0.15) is 10.5 Å². The van der Waals surface area contributed by atoms with Gasteiger partial charge < -0.3 is 9.84 Å². The van der Waals surface area contributed by atoms with Gasteiger partial charge in [-0.1, -0.05) is 18.2 Å². The number of hydrogen-bond donors (Lipinski definition) is 1. The summed E-state index contributed by atoms with van der Waals surface area (Å²) in [4.78, 5) is 11.2. The molecule has 0 aliphatic heterocycles. The Balaban J connectivity index is 2.98. The summed E-state index contributed by atoms with van der Waals surface area (Å²) in [6.45, 7) is 1.73. The summed E-state index contributed by atoms with van der Waals surface area (Å²) in [6, 6.07) is 7.51. The molecular formula is C12H16O3S. The average molecular weight is 240 g/mol. The van der Waals surface area contributed by atoms with Crippen molar-refractivity contribution >= 4 is 17.7 Å². The highest BCUT2D eigenvalue weighted by molar-refractivity contribution is 8.00. The van der Waals surface area contributed by atoms with E-state index in [9.17, 15) is 9.90 Å². The zero-order valence-electron chi connectivity index (χ0n) is 9.69. The van der Waals surface area contributed by atoms with Gasteiger partial charge in [0.15, 0.2) is 0 Å². The largest absolute Gasteiger partial charge is 0.496 e. The summed E-state index contributed by atoms with van der Waals surface area (Å²) in [6.07, 6.45) is 2.26. The molecule has 88 valence electrons. The number of methoxy groups -OCH3 is 1. The Morgan fingerprint density at radius 2 is 2.12 bits per heavy atom. The Kier molecular flexibility index (Phi) is 4.24. The highest BCUT2D eigenvalue weighted by Crippen LogP contribution is 2.30. The fourth-order valence-corrected chi connectivity index (χ4v) is 1.92. The van der Waals surface area contributed by atoms with E-state index in [2.05, 4.69) is 0 Å². The first-order valence-electron chi connectivity index (χ1n) is 4.94. The molecule has 0 bridgehead atoms. The minimum Gasteiger partial charge on any atom is -0.496 e. The van der Waals surface area contributed by atoms with Gasteiger partial charge in [0, 0.05) is 6.42 Å². The van der Waals surface area contributed by atoms with Crippen LogP contribution >= 0.6 is 11.8 Å². The number of benzene rings is 1. The van der Waals surface area contributed by atoms with Crippen molar-refractivity contribution < 1.29 is 14.6 Å². The standard InChI is InChI=1S/C12H16O3S/c1-12(16-3,11(13)14)8-9-6-4-5-7-10(9)15-2/h4-7H,8H2,1-3H3,(H,13,14). The summed E-state index contributed by atoms with van der Waals surface area (Å²) in [5.41, 5.74) is 0.921. The molecule has 0 aliphatic rings. The molecule has 3 nitrogen and oxygen atoms in total. The van der Waals surface area contributed by atoms with Gasteiger partial charge in [-0.2, -0.15) is 0 Å². The minimum absolute atomic E-state index is 0.452. The van der Waals surface area contributed by atoms with Gasteiger partial charge in [-0.15, -0.1) is 11.8 Å². The van der Waals surface area contributed by atoms with Crippen LogP contribution in [0.15, 0.2) is 24.3 Å². The third kappa shape index (κ3) is 2.70. The van der Waals surface area contributed by atoms with Crippen molar-refractivity contribution in [3.8, 4) is 5.75 Å². The topological polar surface area (TPSA) is 46.5 Å². The van der Waals surface area contributed by atoms with E-state index in [1.807, 2.05) is 30.5 Å². The van der Waals surface area contributed by atoms with Crippen LogP contribution in [0.4, 0.5) is 0 Å². The normalized spacial score (nSPS) is 14.2. The summed E-state index contributed by atoms with van der Waals surface area (Å²) in [7, 11) is 1.59. The number of carbonyl (C=O) groups is 1. The molecule has 0 spiro atoms. The lowest BCUT2D eigenvalue weighted by Crippen LogP contribution is -2.33. The number of thioether (sulfide) groups is 1. The minimum atomic E-state index is -0.811. The number of aliphatic carboxylic acids is 1. The second-order valence-electron chi connectivity index (χ2n) is 3.73. The van der Waals surface area contributed by atoms with Crippen molar-refractivity contribution in [1.82, 2.24) is 0 Å². The van der Waals surface area contributed by atoms with Crippen molar-refractivity contribution in [1.29, 1.82) is 0 Å². The van der Waals surface area contributed by atoms with Crippen molar-refractivity contribution in [3.63, 3.8) is 0 Å². The van der Waals surface area contributed by atoms with Crippen LogP contribution in [0.2, 0.25) is 0 Å². The molecule has 1 atom stereocenters. The first kappa shape index (κ1) is 12.9. The molecule has 4 heteroatoms. The van der Waals surface area contributed by atoms with Crippen LogP contribution < -0.4 is 4.74 Å². The zero-order chi connectivity index (χ0) is 12.2. The smallest absolute Gasteiger partial charge is 0.319 e. The molecule has 0 fully saturated rings. The molecule has 0 aliphatic carbocycles. The van der Waals surface area contributed by atoms with E-state index in [1.165, 1.54) is 11.8 Å². The van der Waals surface area contributed by atoms with Crippen LogP contribution in [0.25, 0.3) is 0 Å². The van der Waals surface area contributed by atoms with Gasteiger partial charge in [-0.05, 0) is 24.8 Å². The maximum absolute atomic E-state index is 11.2. The van der Waals surface area contributed by atoms with E-state index in [0.717, 1.165) is 11.3 Å². The number of hydrogen-bond acceptors (Lipinski definition) is 3. The summed E-state index contributed by atoms with van der Waals surface area (Å²) >= 11 is 1.34. The molecule has 1 unspecified atom stereocenters. The third-order valence-electron chi connectivity index (χ3n) is 2.62. The molecule has 16 heavy (non-hydrogen) atoms. The number of rotatable bonds is 5. The monoisotopic (exact) mass is 240 g/mol. The predicted molar refractivity (Wildman–Crippen MR) is 66.3 cm³/mol. The van der Waals surface area contributed by atoms with Crippen molar-refractivity contribution in [2.45, 2.75) is 18.1 Å².